The normalized spacial score (nSPS) is 22.6. The van der Waals surface area contributed by atoms with E-state index in [4.69, 9.17) is 4.52 Å². The lowest BCUT2D eigenvalue weighted by Gasteiger charge is -2.31. The number of aliphatic imine (C=N–C) groups is 1. The van der Waals surface area contributed by atoms with Crippen molar-refractivity contribution in [2.24, 2.45) is 16.8 Å². The molecule has 0 saturated heterocycles. The van der Waals surface area contributed by atoms with Crippen molar-refractivity contribution in [1.29, 1.82) is 0 Å². The fraction of sp³-hybridized carbons (Fsp3) is 0.812. The van der Waals surface area contributed by atoms with Crippen LogP contribution >= 0.6 is 0 Å². The highest BCUT2D eigenvalue weighted by Crippen LogP contribution is 2.28. The molecule has 0 spiro atoms. The third-order valence-electron chi connectivity index (χ3n) is 4.30. The summed E-state index contributed by atoms with van der Waals surface area (Å²) in [5, 5.41) is 7.14. The van der Waals surface area contributed by atoms with Crippen LogP contribution in [0.5, 0.6) is 0 Å². The maximum atomic E-state index is 5.12. The first kappa shape index (κ1) is 16.8. The molecular weight excluding hydrogens is 278 g/mol. The molecular formula is C16H29N5O. The van der Waals surface area contributed by atoms with Gasteiger partial charge in [-0.1, -0.05) is 24.9 Å². The maximum Gasteiger partial charge on any atom is 0.248 e. The van der Waals surface area contributed by atoms with Crippen LogP contribution in [-0.4, -0.2) is 41.1 Å². The Morgan fingerprint density at radius 2 is 2.09 bits per heavy atom. The van der Waals surface area contributed by atoms with Gasteiger partial charge >= 0.3 is 0 Å². The van der Waals surface area contributed by atoms with E-state index in [2.05, 4.69) is 46.2 Å². The minimum Gasteiger partial charge on any atom is -0.357 e. The zero-order valence-electron chi connectivity index (χ0n) is 14.3. The summed E-state index contributed by atoms with van der Waals surface area (Å²) in [5.74, 6) is 3.80. The van der Waals surface area contributed by atoms with E-state index in [1.165, 1.54) is 25.7 Å². The zero-order chi connectivity index (χ0) is 15.9. The molecule has 2 rings (SSSR count). The van der Waals surface area contributed by atoms with Crippen molar-refractivity contribution in [3.63, 3.8) is 0 Å². The Morgan fingerprint density at radius 3 is 2.68 bits per heavy atom. The average molecular weight is 307 g/mol. The highest BCUT2D eigenvalue weighted by Gasteiger charge is 2.20. The van der Waals surface area contributed by atoms with Crippen LogP contribution in [0, 0.1) is 18.8 Å². The highest BCUT2D eigenvalue weighted by molar-refractivity contribution is 5.79. The lowest BCUT2D eigenvalue weighted by molar-refractivity contribution is 0.250. The fourth-order valence-electron chi connectivity index (χ4n) is 3.00. The monoisotopic (exact) mass is 307 g/mol. The van der Waals surface area contributed by atoms with Crippen molar-refractivity contribution in [1.82, 2.24) is 20.4 Å². The molecule has 0 bridgehead atoms. The van der Waals surface area contributed by atoms with E-state index in [-0.39, 0.29) is 0 Å². The Balaban J connectivity index is 1.90. The first-order valence-corrected chi connectivity index (χ1v) is 8.37. The molecule has 22 heavy (non-hydrogen) atoms. The van der Waals surface area contributed by atoms with Gasteiger partial charge in [0.25, 0.3) is 0 Å². The summed E-state index contributed by atoms with van der Waals surface area (Å²) in [6.07, 6.45) is 5.36. The molecule has 1 fully saturated rings. The maximum absolute atomic E-state index is 5.12. The molecule has 0 amide bonds. The number of hydrogen-bond acceptors (Lipinski definition) is 4. The third kappa shape index (κ3) is 5.00. The Labute approximate surface area is 133 Å². The topological polar surface area (TPSA) is 66.5 Å². The van der Waals surface area contributed by atoms with Crippen molar-refractivity contribution in [3.05, 3.63) is 11.7 Å². The lowest BCUT2D eigenvalue weighted by Crippen LogP contribution is -2.41. The smallest absolute Gasteiger partial charge is 0.248 e. The molecule has 0 aliphatic heterocycles. The van der Waals surface area contributed by atoms with E-state index in [9.17, 15) is 0 Å². The van der Waals surface area contributed by atoms with Gasteiger partial charge in [0.1, 0.15) is 6.54 Å². The second-order valence-electron chi connectivity index (χ2n) is 6.41. The van der Waals surface area contributed by atoms with E-state index in [0.29, 0.717) is 18.3 Å². The molecule has 0 atom stereocenters. The number of nitrogens with one attached hydrogen (secondary N) is 1. The highest BCUT2D eigenvalue weighted by atomic mass is 16.5. The van der Waals surface area contributed by atoms with Crippen molar-refractivity contribution in [3.8, 4) is 0 Å². The predicted octanol–water partition coefficient (Wildman–Crippen LogP) is 2.60. The summed E-state index contributed by atoms with van der Waals surface area (Å²) >= 11 is 0. The SMILES string of the molecule is CCNC(=NCc1nc(C)no1)N(C)CC1CCC(C)CC1. The van der Waals surface area contributed by atoms with E-state index in [1.54, 1.807) is 0 Å². The standard InChI is InChI=1S/C16H29N5O/c1-5-17-16(18-10-15-19-13(3)20-22-15)21(4)11-14-8-6-12(2)7-9-14/h12,14H,5-11H2,1-4H3,(H,17,18). The molecule has 1 aromatic rings. The lowest BCUT2D eigenvalue weighted by atomic mass is 9.83. The molecule has 1 N–H and O–H groups in total. The third-order valence-corrected chi connectivity index (χ3v) is 4.30. The number of aryl methyl sites for hydroxylation is 1. The van der Waals surface area contributed by atoms with Crippen LogP contribution in [-0.2, 0) is 6.54 Å². The van der Waals surface area contributed by atoms with Crippen molar-refractivity contribution in [2.75, 3.05) is 20.1 Å². The summed E-state index contributed by atoms with van der Waals surface area (Å²) in [6, 6.07) is 0. The molecule has 6 heteroatoms. The molecule has 1 aliphatic rings. The van der Waals surface area contributed by atoms with Gasteiger partial charge in [0.05, 0.1) is 0 Å². The van der Waals surface area contributed by atoms with Gasteiger partial charge in [0.15, 0.2) is 11.8 Å². The number of hydrogen-bond donors (Lipinski definition) is 1. The minimum absolute atomic E-state index is 0.426. The fourth-order valence-corrected chi connectivity index (χ4v) is 3.00. The Bertz CT molecular complexity index is 477. The van der Waals surface area contributed by atoms with Crippen molar-refractivity contribution >= 4 is 5.96 Å². The second-order valence-corrected chi connectivity index (χ2v) is 6.41. The molecule has 0 unspecified atom stereocenters. The summed E-state index contributed by atoms with van der Waals surface area (Å²) < 4.78 is 5.12. The van der Waals surface area contributed by atoms with Crippen molar-refractivity contribution in [2.45, 2.75) is 53.0 Å². The van der Waals surface area contributed by atoms with Crippen LogP contribution < -0.4 is 5.32 Å². The number of aromatic nitrogens is 2. The number of rotatable bonds is 5. The van der Waals surface area contributed by atoms with Crippen LogP contribution in [0.15, 0.2) is 9.52 Å². The van der Waals surface area contributed by atoms with E-state index in [0.717, 1.165) is 30.9 Å². The summed E-state index contributed by atoms with van der Waals surface area (Å²) in [4.78, 5) is 11.0. The molecule has 0 radical (unpaired) electrons. The van der Waals surface area contributed by atoms with Gasteiger partial charge in [-0.15, -0.1) is 0 Å². The number of nitrogens with zero attached hydrogens (tertiary/aromatic N) is 4. The number of guanidine groups is 1. The van der Waals surface area contributed by atoms with Gasteiger partial charge in [0, 0.05) is 20.1 Å². The van der Waals surface area contributed by atoms with Crippen LogP contribution in [0.1, 0.15) is 51.2 Å². The zero-order valence-corrected chi connectivity index (χ0v) is 14.3. The molecule has 124 valence electrons. The van der Waals surface area contributed by atoms with Gasteiger partial charge in [-0.05, 0) is 38.5 Å². The second kappa shape index (κ2) is 8.15. The van der Waals surface area contributed by atoms with E-state index in [1.807, 2.05) is 6.92 Å². The quantitative estimate of drug-likeness (QED) is 0.669. The Kier molecular flexibility index (Phi) is 6.21. The Morgan fingerprint density at radius 1 is 1.36 bits per heavy atom. The minimum atomic E-state index is 0.426. The van der Waals surface area contributed by atoms with Gasteiger partial charge in [-0.25, -0.2) is 4.99 Å². The first-order chi connectivity index (χ1) is 10.6. The van der Waals surface area contributed by atoms with Gasteiger partial charge < -0.3 is 14.7 Å². The molecule has 0 aromatic carbocycles. The molecule has 1 aliphatic carbocycles. The van der Waals surface area contributed by atoms with Gasteiger partial charge in [-0.3, -0.25) is 0 Å². The average Bonchev–Trinajstić information content (AvgIpc) is 2.91. The largest absolute Gasteiger partial charge is 0.357 e. The molecule has 1 saturated carbocycles. The van der Waals surface area contributed by atoms with Crippen molar-refractivity contribution < 1.29 is 4.52 Å². The van der Waals surface area contributed by atoms with Crippen LogP contribution in [0.4, 0.5) is 0 Å². The van der Waals surface area contributed by atoms with Crippen LogP contribution in [0.2, 0.25) is 0 Å². The van der Waals surface area contributed by atoms with Gasteiger partial charge in [0.2, 0.25) is 5.89 Å². The summed E-state index contributed by atoms with van der Waals surface area (Å²) in [6.45, 7) is 8.60. The van der Waals surface area contributed by atoms with E-state index < -0.39 is 0 Å². The summed E-state index contributed by atoms with van der Waals surface area (Å²) in [5.41, 5.74) is 0. The van der Waals surface area contributed by atoms with E-state index >= 15 is 0 Å². The summed E-state index contributed by atoms with van der Waals surface area (Å²) in [7, 11) is 2.11. The molecule has 6 nitrogen and oxygen atoms in total. The Hall–Kier alpha value is -1.59. The predicted molar refractivity (Wildman–Crippen MR) is 87.6 cm³/mol. The molecule has 1 aromatic heterocycles. The van der Waals surface area contributed by atoms with Crippen LogP contribution in [0.25, 0.3) is 0 Å². The molecule has 1 heterocycles. The van der Waals surface area contributed by atoms with Crippen LogP contribution in [0.3, 0.4) is 0 Å². The van der Waals surface area contributed by atoms with Gasteiger partial charge in [-0.2, -0.15) is 4.98 Å². The first-order valence-electron chi connectivity index (χ1n) is 8.37.